The summed E-state index contributed by atoms with van der Waals surface area (Å²) in [4.78, 5) is 15.4. The lowest BCUT2D eigenvalue weighted by Gasteiger charge is -2.10. The van der Waals surface area contributed by atoms with Crippen molar-refractivity contribution in [3.05, 3.63) is 41.7 Å². The fourth-order valence-electron chi connectivity index (χ4n) is 1.75. The predicted molar refractivity (Wildman–Crippen MR) is 63.5 cm³/mol. The standard InChI is InChI=1S/C13H13NO3/c1-8-11-7-10(12(15)13(16)17-2)4-3-9(11)5-6-14-8/h3-7,12,15H,1-2H3. The van der Waals surface area contributed by atoms with Gasteiger partial charge < -0.3 is 9.84 Å². The van der Waals surface area contributed by atoms with Crippen LogP contribution in [-0.2, 0) is 9.53 Å². The van der Waals surface area contributed by atoms with Crippen LogP contribution in [0, 0.1) is 6.92 Å². The molecule has 0 bridgehead atoms. The van der Waals surface area contributed by atoms with E-state index in [-0.39, 0.29) is 0 Å². The summed E-state index contributed by atoms with van der Waals surface area (Å²) >= 11 is 0. The van der Waals surface area contributed by atoms with Crippen LogP contribution in [-0.4, -0.2) is 23.2 Å². The van der Waals surface area contributed by atoms with Crippen molar-refractivity contribution >= 4 is 16.7 Å². The summed E-state index contributed by atoms with van der Waals surface area (Å²) in [7, 11) is 1.25. The quantitative estimate of drug-likeness (QED) is 0.800. The van der Waals surface area contributed by atoms with Crippen molar-refractivity contribution in [3.8, 4) is 0 Å². The zero-order valence-electron chi connectivity index (χ0n) is 9.68. The van der Waals surface area contributed by atoms with E-state index in [1.54, 1.807) is 18.3 Å². The Bertz CT molecular complexity index is 566. The highest BCUT2D eigenvalue weighted by atomic mass is 16.5. The van der Waals surface area contributed by atoms with Crippen LogP contribution in [0.3, 0.4) is 0 Å². The third kappa shape index (κ3) is 2.12. The largest absolute Gasteiger partial charge is 0.467 e. The summed E-state index contributed by atoms with van der Waals surface area (Å²) in [5, 5.41) is 11.7. The molecule has 88 valence electrons. The van der Waals surface area contributed by atoms with Gasteiger partial charge >= 0.3 is 5.97 Å². The summed E-state index contributed by atoms with van der Waals surface area (Å²) in [5.41, 5.74) is 1.38. The molecule has 2 aromatic rings. The molecule has 17 heavy (non-hydrogen) atoms. The van der Waals surface area contributed by atoms with Crippen molar-refractivity contribution in [2.24, 2.45) is 0 Å². The number of nitrogens with zero attached hydrogens (tertiary/aromatic N) is 1. The van der Waals surface area contributed by atoms with Crippen LogP contribution >= 0.6 is 0 Å². The van der Waals surface area contributed by atoms with Crippen molar-refractivity contribution in [2.45, 2.75) is 13.0 Å². The van der Waals surface area contributed by atoms with E-state index in [1.807, 2.05) is 19.1 Å². The second kappa shape index (κ2) is 4.51. The smallest absolute Gasteiger partial charge is 0.339 e. The lowest BCUT2D eigenvalue weighted by molar-refractivity contribution is -0.150. The number of benzene rings is 1. The molecular formula is C13H13NO3. The molecule has 0 saturated carbocycles. The van der Waals surface area contributed by atoms with Crippen LogP contribution in [0.1, 0.15) is 17.4 Å². The molecule has 0 aliphatic carbocycles. The maximum absolute atomic E-state index is 11.2. The average molecular weight is 231 g/mol. The van der Waals surface area contributed by atoms with E-state index >= 15 is 0 Å². The predicted octanol–water partition coefficient (Wildman–Crippen LogP) is 1.75. The number of aliphatic hydroxyl groups is 1. The Kier molecular flexibility index (Phi) is 3.06. The van der Waals surface area contributed by atoms with Gasteiger partial charge in [-0.05, 0) is 30.0 Å². The van der Waals surface area contributed by atoms with Crippen LogP contribution < -0.4 is 0 Å². The average Bonchev–Trinajstić information content (AvgIpc) is 2.37. The molecular weight excluding hydrogens is 218 g/mol. The molecule has 0 fully saturated rings. The number of carbonyl (C=O) groups excluding carboxylic acids is 1. The maximum Gasteiger partial charge on any atom is 0.339 e. The first kappa shape index (κ1) is 11.5. The van der Waals surface area contributed by atoms with E-state index in [0.717, 1.165) is 16.5 Å². The van der Waals surface area contributed by atoms with Gasteiger partial charge in [-0.3, -0.25) is 4.98 Å². The molecule has 1 unspecified atom stereocenters. The van der Waals surface area contributed by atoms with Crippen LogP contribution in [0.2, 0.25) is 0 Å². The molecule has 1 aromatic heterocycles. The van der Waals surface area contributed by atoms with Gasteiger partial charge in [0.25, 0.3) is 0 Å². The van der Waals surface area contributed by atoms with Crippen LogP contribution in [0.15, 0.2) is 30.5 Å². The number of hydrogen-bond donors (Lipinski definition) is 1. The zero-order valence-corrected chi connectivity index (χ0v) is 9.68. The van der Waals surface area contributed by atoms with E-state index in [1.165, 1.54) is 7.11 Å². The minimum absolute atomic E-state index is 0.514. The number of fused-ring (bicyclic) bond motifs is 1. The molecule has 2 rings (SSSR count). The Morgan fingerprint density at radius 3 is 2.88 bits per heavy atom. The number of methoxy groups -OCH3 is 1. The van der Waals surface area contributed by atoms with E-state index in [9.17, 15) is 9.90 Å². The van der Waals surface area contributed by atoms with Crippen molar-refractivity contribution in [3.63, 3.8) is 0 Å². The highest BCUT2D eigenvalue weighted by molar-refractivity contribution is 5.86. The molecule has 4 heteroatoms. The first-order valence-electron chi connectivity index (χ1n) is 5.24. The molecule has 0 saturated heterocycles. The Labute approximate surface area is 98.9 Å². The van der Waals surface area contributed by atoms with E-state index in [2.05, 4.69) is 9.72 Å². The third-order valence-corrected chi connectivity index (χ3v) is 2.73. The number of ether oxygens (including phenoxy) is 1. The second-order valence-electron chi connectivity index (χ2n) is 3.80. The van der Waals surface area contributed by atoms with Gasteiger partial charge in [-0.15, -0.1) is 0 Å². The Hall–Kier alpha value is -1.94. The Balaban J connectivity index is 2.51. The fraction of sp³-hybridized carbons (Fsp3) is 0.231. The molecule has 0 spiro atoms. The number of carbonyl (C=O) groups is 1. The maximum atomic E-state index is 11.2. The van der Waals surface area contributed by atoms with Gasteiger partial charge in [-0.25, -0.2) is 4.79 Å². The lowest BCUT2D eigenvalue weighted by atomic mass is 10.0. The lowest BCUT2D eigenvalue weighted by Crippen LogP contribution is -2.13. The SMILES string of the molecule is COC(=O)C(O)c1ccc2ccnc(C)c2c1. The van der Waals surface area contributed by atoms with Crippen LogP contribution in [0.25, 0.3) is 10.8 Å². The summed E-state index contributed by atoms with van der Waals surface area (Å²) in [6.07, 6.45) is 0.484. The van der Waals surface area contributed by atoms with Crippen LogP contribution in [0.4, 0.5) is 0 Å². The first-order valence-corrected chi connectivity index (χ1v) is 5.24. The first-order chi connectivity index (χ1) is 8.13. The highest BCUT2D eigenvalue weighted by Gasteiger charge is 2.18. The molecule has 1 aromatic carbocycles. The topological polar surface area (TPSA) is 59.4 Å². The third-order valence-electron chi connectivity index (χ3n) is 2.73. The van der Waals surface area contributed by atoms with Crippen molar-refractivity contribution < 1.29 is 14.6 Å². The number of pyridine rings is 1. The monoisotopic (exact) mass is 231 g/mol. The van der Waals surface area contributed by atoms with Gasteiger partial charge in [0.1, 0.15) is 0 Å². The minimum Gasteiger partial charge on any atom is -0.467 e. The molecule has 1 N–H and O–H groups in total. The molecule has 1 heterocycles. The zero-order chi connectivity index (χ0) is 12.4. The molecule has 1 atom stereocenters. The Morgan fingerprint density at radius 1 is 1.41 bits per heavy atom. The number of esters is 1. The van der Waals surface area contributed by atoms with E-state index in [0.29, 0.717) is 5.56 Å². The van der Waals surface area contributed by atoms with Crippen molar-refractivity contribution in [1.29, 1.82) is 0 Å². The number of hydrogen-bond acceptors (Lipinski definition) is 4. The van der Waals surface area contributed by atoms with Gasteiger partial charge in [-0.2, -0.15) is 0 Å². The number of aryl methyl sites for hydroxylation is 1. The van der Waals surface area contributed by atoms with Gasteiger partial charge in [0.05, 0.1) is 7.11 Å². The van der Waals surface area contributed by atoms with E-state index in [4.69, 9.17) is 0 Å². The summed E-state index contributed by atoms with van der Waals surface area (Å²) in [5.74, 6) is -0.661. The van der Waals surface area contributed by atoms with Gasteiger partial charge in [-0.1, -0.05) is 12.1 Å². The Morgan fingerprint density at radius 2 is 2.18 bits per heavy atom. The van der Waals surface area contributed by atoms with Crippen LogP contribution in [0.5, 0.6) is 0 Å². The molecule has 0 aliphatic rings. The van der Waals surface area contributed by atoms with Gasteiger partial charge in [0.15, 0.2) is 6.10 Å². The number of aliphatic hydroxyl groups excluding tert-OH is 1. The summed E-state index contributed by atoms with van der Waals surface area (Å²) < 4.78 is 4.50. The van der Waals surface area contributed by atoms with E-state index < -0.39 is 12.1 Å². The summed E-state index contributed by atoms with van der Waals surface area (Å²) in [6, 6.07) is 7.21. The molecule has 0 amide bonds. The molecule has 0 aliphatic heterocycles. The van der Waals surface area contributed by atoms with Crippen molar-refractivity contribution in [1.82, 2.24) is 4.98 Å². The highest BCUT2D eigenvalue weighted by Crippen LogP contribution is 2.22. The van der Waals surface area contributed by atoms with Gasteiger partial charge in [0.2, 0.25) is 0 Å². The number of aromatic nitrogens is 1. The molecule has 4 nitrogen and oxygen atoms in total. The normalized spacial score (nSPS) is 12.4. The number of rotatable bonds is 2. The summed E-state index contributed by atoms with van der Waals surface area (Å²) in [6.45, 7) is 1.89. The minimum atomic E-state index is -1.25. The second-order valence-corrected chi connectivity index (χ2v) is 3.80. The molecule has 0 radical (unpaired) electrons. The van der Waals surface area contributed by atoms with Gasteiger partial charge in [0, 0.05) is 17.3 Å². The fourth-order valence-corrected chi connectivity index (χ4v) is 1.75. The van der Waals surface area contributed by atoms with Crippen molar-refractivity contribution in [2.75, 3.05) is 7.11 Å².